The summed E-state index contributed by atoms with van der Waals surface area (Å²) in [5.74, 6) is 1.84. The van der Waals surface area contributed by atoms with Crippen molar-refractivity contribution in [1.29, 1.82) is 0 Å². The van der Waals surface area contributed by atoms with Gasteiger partial charge >= 0.3 is 0 Å². The van der Waals surface area contributed by atoms with E-state index in [1.807, 2.05) is 36.4 Å². The van der Waals surface area contributed by atoms with Gasteiger partial charge in [0.1, 0.15) is 0 Å². The molecule has 0 radical (unpaired) electrons. The maximum atomic E-state index is 5.26. The molecule has 0 spiro atoms. The molecule has 0 saturated carbocycles. The monoisotopic (exact) mass is 713 g/mol. The lowest BCUT2D eigenvalue weighted by Gasteiger charge is -2.21. The topological polar surface area (TPSA) is 48.5 Å². The molecule has 0 amide bonds. The van der Waals surface area contributed by atoms with E-state index in [-0.39, 0.29) is 0 Å². The van der Waals surface area contributed by atoms with E-state index in [0.29, 0.717) is 17.6 Å². The van der Waals surface area contributed by atoms with Crippen molar-refractivity contribution in [2.75, 3.05) is 0 Å². The molecule has 0 N–H and O–H groups in total. The first-order valence-electron chi connectivity index (χ1n) is 19.0. The van der Waals surface area contributed by atoms with Crippen LogP contribution in [0.25, 0.3) is 94.4 Å². The Morgan fingerprint density at radius 3 is 1.48 bits per heavy atom. The zero-order valence-electron chi connectivity index (χ0n) is 30.1. The van der Waals surface area contributed by atoms with Crippen molar-refractivity contribution >= 4 is 65.7 Å². The number of nitrogens with zero attached hydrogens (tertiary/aromatic N) is 5. The van der Waals surface area contributed by atoms with Gasteiger partial charge < -0.3 is 4.57 Å². The first-order chi connectivity index (χ1) is 27.8. The maximum Gasteiger partial charge on any atom is 0.238 e. The van der Waals surface area contributed by atoms with E-state index in [0.717, 1.165) is 33.4 Å². The summed E-state index contributed by atoms with van der Waals surface area (Å²) in [4.78, 5) is 15.6. The van der Waals surface area contributed by atoms with Crippen molar-refractivity contribution in [3.63, 3.8) is 0 Å². The molecule has 0 saturated heterocycles. The van der Waals surface area contributed by atoms with E-state index in [2.05, 4.69) is 161 Å². The lowest BCUT2D eigenvalue weighted by atomic mass is 9.91. The van der Waals surface area contributed by atoms with E-state index >= 15 is 0 Å². The third-order valence-electron chi connectivity index (χ3n) is 11.3. The molecule has 5 heteroatoms. The highest BCUT2D eigenvalue weighted by Crippen LogP contribution is 2.50. The fourth-order valence-electron chi connectivity index (χ4n) is 9.00. The normalized spacial score (nSPS) is 12.6. The van der Waals surface area contributed by atoms with Crippen LogP contribution in [0.3, 0.4) is 0 Å². The molecule has 3 aromatic heterocycles. The second-order valence-corrected chi connectivity index (χ2v) is 14.4. The van der Waals surface area contributed by atoms with Crippen LogP contribution in [0.5, 0.6) is 0 Å². The minimum atomic E-state index is 0.581. The van der Waals surface area contributed by atoms with E-state index in [9.17, 15) is 0 Å². The van der Waals surface area contributed by atoms with Crippen molar-refractivity contribution in [2.24, 2.45) is 0 Å². The Balaban J connectivity index is 1.27. The number of rotatable bonds is 5. The molecule has 0 fully saturated rings. The third kappa shape index (κ3) is 4.39. The van der Waals surface area contributed by atoms with Gasteiger partial charge in [-0.3, -0.25) is 4.57 Å². The van der Waals surface area contributed by atoms with Crippen molar-refractivity contribution in [3.05, 3.63) is 205 Å². The summed E-state index contributed by atoms with van der Waals surface area (Å²) in [7, 11) is 0. The molecule has 12 rings (SSSR count). The number of fused-ring (bicyclic) bond motifs is 3. The van der Waals surface area contributed by atoms with Crippen LogP contribution in [0, 0.1) is 0 Å². The van der Waals surface area contributed by atoms with E-state index in [4.69, 9.17) is 15.0 Å². The summed E-state index contributed by atoms with van der Waals surface area (Å²) in [6.45, 7) is 0. The Kier molecular flexibility index (Phi) is 6.56. The van der Waals surface area contributed by atoms with Crippen LogP contribution in [0.1, 0.15) is 16.7 Å². The Morgan fingerprint density at radius 1 is 0.321 bits per heavy atom. The minimum absolute atomic E-state index is 0.581. The van der Waals surface area contributed by atoms with Gasteiger partial charge in [0.05, 0.1) is 27.8 Å². The maximum absolute atomic E-state index is 5.26. The van der Waals surface area contributed by atoms with Gasteiger partial charge in [-0.25, -0.2) is 4.98 Å². The highest BCUT2D eigenvalue weighted by Gasteiger charge is 2.30. The number of para-hydroxylation sites is 2. The number of hydrogen-bond donors (Lipinski definition) is 0. The fraction of sp³-hybridized carbons (Fsp3) is 0. The van der Waals surface area contributed by atoms with Crippen LogP contribution in [0.2, 0.25) is 0 Å². The van der Waals surface area contributed by atoms with Crippen LogP contribution in [-0.4, -0.2) is 24.1 Å². The van der Waals surface area contributed by atoms with E-state index in [1.54, 1.807) is 0 Å². The van der Waals surface area contributed by atoms with Gasteiger partial charge in [0.25, 0.3) is 0 Å². The highest BCUT2D eigenvalue weighted by molar-refractivity contribution is 6.30. The molecule has 1 aliphatic rings. The predicted octanol–water partition coefficient (Wildman–Crippen LogP) is 12.3. The first-order valence-corrected chi connectivity index (χ1v) is 19.0. The number of aromatic nitrogens is 5. The minimum Gasteiger partial charge on any atom is -0.308 e. The molecule has 0 atom stereocenters. The smallest absolute Gasteiger partial charge is 0.238 e. The molecule has 8 aromatic carbocycles. The Bertz CT molecular complexity index is 3280. The standard InChI is InChI=1S/C51H31N5/c1-4-16-32(17-5-1)45-38-25-14-22-33-30-31-43-47(44(33)38)46-39(48(45)55-40-27-12-10-23-36(40)37-24-11-13-28-41(37)55)26-15-29-42(46)56(43)51-53-49(34-18-6-2-7-19-34)52-50(54-51)35-20-8-3-9-21-35/h1-31H. The van der Waals surface area contributed by atoms with Crippen LogP contribution < -0.4 is 0 Å². The molecule has 0 unspecified atom stereocenters. The van der Waals surface area contributed by atoms with Crippen molar-refractivity contribution in [2.45, 2.75) is 0 Å². The zero-order chi connectivity index (χ0) is 36.7. The first kappa shape index (κ1) is 30.8. The summed E-state index contributed by atoms with van der Waals surface area (Å²) in [5, 5.41) is 7.22. The van der Waals surface area contributed by atoms with Crippen LogP contribution >= 0.6 is 0 Å². The SMILES string of the molecule is c1ccc(C2=C(n3c4ccccc4c4ccccc43)c3cccc4c3c3c5c2cccc5ccc3n4-c2nc(-c3ccccc3)nc(-c3ccccc3)n2)cc1. The van der Waals surface area contributed by atoms with Gasteiger partial charge in [0, 0.05) is 43.8 Å². The molecule has 260 valence electrons. The van der Waals surface area contributed by atoms with Crippen molar-refractivity contribution in [1.82, 2.24) is 24.1 Å². The molecule has 56 heavy (non-hydrogen) atoms. The predicted molar refractivity (Wildman–Crippen MR) is 230 cm³/mol. The number of hydrogen-bond acceptors (Lipinski definition) is 3. The van der Waals surface area contributed by atoms with Gasteiger partial charge in [0.15, 0.2) is 11.6 Å². The van der Waals surface area contributed by atoms with Gasteiger partial charge in [-0.15, -0.1) is 0 Å². The van der Waals surface area contributed by atoms with Crippen LogP contribution in [0.4, 0.5) is 0 Å². The van der Waals surface area contributed by atoms with Crippen LogP contribution in [0.15, 0.2) is 188 Å². The van der Waals surface area contributed by atoms with E-state index in [1.165, 1.54) is 60.1 Å². The third-order valence-corrected chi connectivity index (χ3v) is 11.3. The molecule has 5 nitrogen and oxygen atoms in total. The summed E-state index contributed by atoms with van der Waals surface area (Å²) >= 11 is 0. The van der Waals surface area contributed by atoms with E-state index < -0.39 is 0 Å². The fourth-order valence-corrected chi connectivity index (χ4v) is 9.00. The van der Waals surface area contributed by atoms with Gasteiger partial charge in [0.2, 0.25) is 5.95 Å². The summed E-state index contributed by atoms with van der Waals surface area (Å²) < 4.78 is 4.75. The van der Waals surface area contributed by atoms with Crippen LogP contribution in [-0.2, 0) is 0 Å². The highest BCUT2D eigenvalue weighted by atomic mass is 15.2. The van der Waals surface area contributed by atoms with Crippen molar-refractivity contribution < 1.29 is 0 Å². The van der Waals surface area contributed by atoms with Gasteiger partial charge in [-0.1, -0.05) is 164 Å². The summed E-state index contributed by atoms with van der Waals surface area (Å²) in [5.41, 5.74) is 12.2. The second-order valence-electron chi connectivity index (χ2n) is 14.4. The molecule has 11 aromatic rings. The Morgan fingerprint density at radius 2 is 0.839 bits per heavy atom. The lowest BCUT2D eigenvalue weighted by molar-refractivity contribution is 0.953. The number of benzene rings is 8. The zero-order valence-corrected chi connectivity index (χ0v) is 30.1. The largest absolute Gasteiger partial charge is 0.308 e. The molecule has 0 aliphatic heterocycles. The summed E-state index contributed by atoms with van der Waals surface area (Å²) in [6.07, 6.45) is 0. The van der Waals surface area contributed by atoms with Gasteiger partial charge in [-0.05, 0) is 46.2 Å². The molecule has 0 bridgehead atoms. The molecular weight excluding hydrogens is 683 g/mol. The average Bonchev–Trinajstić information content (AvgIpc) is 3.75. The second kappa shape index (κ2) is 11.9. The molecule has 3 heterocycles. The van der Waals surface area contributed by atoms with Gasteiger partial charge in [-0.2, -0.15) is 9.97 Å². The van der Waals surface area contributed by atoms with Crippen molar-refractivity contribution in [3.8, 4) is 28.7 Å². The summed E-state index contributed by atoms with van der Waals surface area (Å²) in [6, 6.07) is 66.8. The molecule has 1 aliphatic carbocycles. The quantitative estimate of drug-likeness (QED) is 0.178. The Hall–Kier alpha value is -7.63. The average molecular weight is 714 g/mol. The lowest BCUT2D eigenvalue weighted by Crippen LogP contribution is -2.07. The Labute approximate surface area is 322 Å². The molecular formula is C51H31N5.